The Morgan fingerprint density at radius 3 is 2.67 bits per heavy atom. The number of fused-ring (bicyclic) bond motifs is 1. The maximum Gasteiger partial charge on any atom is 0.163 e. The van der Waals surface area contributed by atoms with Crippen molar-refractivity contribution in [3.63, 3.8) is 0 Å². The Bertz CT molecular complexity index is 1380. The summed E-state index contributed by atoms with van der Waals surface area (Å²) in [6.07, 6.45) is 6.60. The van der Waals surface area contributed by atoms with Gasteiger partial charge in [0.25, 0.3) is 0 Å². The Morgan fingerprint density at radius 1 is 1.08 bits per heavy atom. The molecule has 0 amide bonds. The highest BCUT2D eigenvalue weighted by Crippen LogP contribution is 2.40. The molecule has 0 bridgehead atoms. The molecular formula is C28H29F2N5O. The highest BCUT2D eigenvalue weighted by molar-refractivity contribution is 5.98. The van der Waals surface area contributed by atoms with E-state index in [0.29, 0.717) is 34.3 Å². The summed E-state index contributed by atoms with van der Waals surface area (Å²) in [7, 11) is 5.73. The molecule has 2 aromatic heterocycles. The van der Waals surface area contributed by atoms with Gasteiger partial charge in [-0.2, -0.15) is 0 Å². The van der Waals surface area contributed by atoms with E-state index in [4.69, 9.17) is 14.7 Å². The summed E-state index contributed by atoms with van der Waals surface area (Å²) in [5.41, 5.74) is 2.33. The predicted molar refractivity (Wildman–Crippen MR) is 138 cm³/mol. The van der Waals surface area contributed by atoms with Gasteiger partial charge < -0.3 is 14.5 Å². The highest BCUT2D eigenvalue weighted by atomic mass is 19.1. The van der Waals surface area contributed by atoms with E-state index in [2.05, 4.69) is 28.9 Å². The van der Waals surface area contributed by atoms with Gasteiger partial charge in [0, 0.05) is 47.6 Å². The summed E-state index contributed by atoms with van der Waals surface area (Å²) >= 11 is 0. The van der Waals surface area contributed by atoms with Crippen LogP contribution < -0.4 is 9.64 Å². The van der Waals surface area contributed by atoms with Gasteiger partial charge in [0.1, 0.15) is 28.7 Å². The summed E-state index contributed by atoms with van der Waals surface area (Å²) in [6.45, 7) is 1.84. The van der Waals surface area contributed by atoms with Gasteiger partial charge >= 0.3 is 0 Å². The Labute approximate surface area is 209 Å². The van der Waals surface area contributed by atoms with Crippen LogP contribution in [-0.4, -0.2) is 60.2 Å². The molecule has 3 heterocycles. The van der Waals surface area contributed by atoms with Crippen LogP contribution in [0.1, 0.15) is 19.3 Å². The molecule has 1 fully saturated rings. The van der Waals surface area contributed by atoms with Crippen molar-refractivity contribution in [2.24, 2.45) is 0 Å². The Balaban J connectivity index is 1.73. The lowest BCUT2D eigenvalue weighted by molar-refractivity contribution is 0.380. The van der Waals surface area contributed by atoms with Crippen LogP contribution in [-0.2, 0) is 0 Å². The van der Waals surface area contributed by atoms with Gasteiger partial charge in [0.15, 0.2) is 5.82 Å². The van der Waals surface area contributed by atoms with E-state index in [-0.39, 0.29) is 0 Å². The molecule has 1 atom stereocenters. The summed E-state index contributed by atoms with van der Waals surface area (Å²) in [5.74, 6) is 0.612. The average Bonchev–Trinajstić information content (AvgIpc) is 3.35. The minimum absolute atomic E-state index is 0.296. The number of nitrogens with zero attached hydrogens (tertiary/aromatic N) is 5. The van der Waals surface area contributed by atoms with Crippen LogP contribution >= 0.6 is 0 Å². The molecule has 8 heteroatoms. The molecule has 0 N–H and O–H groups in total. The Morgan fingerprint density at radius 2 is 1.94 bits per heavy atom. The van der Waals surface area contributed by atoms with Gasteiger partial charge in [-0.1, -0.05) is 0 Å². The van der Waals surface area contributed by atoms with Gasteiger partial charge in [-0.05, 0) is 81.9 Å². The molecule has 1 saturated heterocycles. The minimum atomic E-state index is -0.629. The normalized spacial score (nSPS) is 15.7. The lowest BCUT2D eigenvalue weighted by Crippen LogP contribution is -2.33. The van der Waals surface area contributed by atoms with Crippen LogP contribution in [0, 0.1) is 11.6 Å². The summed E-state index contributed by atoms with van der Waals surface area (Å²) in [5, 5.41) is 0.775. The lowest BCUT2D eigenvalue weighted by Gasteiger charge is -2.28. The third-order valence-corrected chi connectivity index (χ3v) is 6.69. The molecule has 5 rings (SSSR count). The highest BCUT2D eigenvalue weighted by Gasteiger charge is 2.29. The van der Waals surface area contributed by atoms with Gasteiger partial charge in [-0.15, -0.1) is 0 Å². The van der Waals surface area contributed by atoms with Crippen molar-refractivity contribution in [3.05, 3.63) is 66.5 Å². The second-order valence-corrected chi connectivity index (χ2v) is 9.39. The maximum absolute atomic E-state index is 14.8. The third kappa shape index (κ3) is 4.73. The second kappa shape index (κ2) is 10.1. The molecule has 6 nitrogen and oxygen atoms in total. The number of ether oxygens (including phenoxy) is 1. The Hall–Kier alpha value is -3.65. The number of hydrogen-bond acceptors (Lipinski definition) is 6. The topological polar surface area (TPSA) is 54.4 Å². The first kappa shape index (κ1) is 24.1. The smallest absolute Gasteiger partial charge is 0.163 e. The zero-order valence-electron chi connectivity index (χ0n) is 20.7. The van der Waals surface area contributed by atoms with E-state index in [0.717, 1.165) is 55.2 Å². The molecule has 0 saturated carbocycles. The molecule has 186 valence electrons. The summed E-state index contributed by atoms with van der Waals surface area (Å²) in [6, 6.07) is 11.3. The molecule has 4 aromatic rings. The number of hydrogen-bond donors (Lipinski definition) is 0. The minimum Gasteiger partial charge on any atom is -0.494 e. The lowest BCUT2D eigenvalue weighted by atomic mass is 10.0. The van der Waals surface area contributed by atoms with Gasteiger partial charge in [-0.3, -0.25) is 4.98 Å². The molecule has 36 heavy (non-hydrogen) atoms. The number of aromatic nitrogens is 3. The number of rotatable bonds is 7. The van der Waals surface area contributed by atoms with Crippen molar-refractivity contribution in [2.75, 3.05) is 39.2 Å². The van der Waals surface area contributed by atoms with Gasteiger partial charge in [0.05, 0.1) is 7.11 Å². The predicted octanol–water partition coefficient (Wildman–Crippen LogP) is 5.57. The number of benzene rings is 2. The van der Waals surface area contributed by atoms with Crippen LogP contribution in [0.3, 0.4) is 0 Å². The van der Waals surface area contributed by atoms with E-state index in [1.807, 2.05) is 18.2 Å². The Kier molecular flexibility index (Phi) is 6.78. The number of pyridine rings is 1. The number of anilines is 1. The quantitative estimate of drug-likeness (QED) is 0.339. The molecule has 0 aliphatic carbocycles. The van der Waals surface area contributed by atoms with Crippen LogP contribution in [0.4, 0.5) is 14.6 Å². The monoisotopic (exact) mass is 489 g/mol. The van der Waals surface area contributed by atoms with E-state index in [1.165, 1.54) is 12.1 Å². The van der Waals surface area contributed by atoms with E-state index < -0.39 is 11.6 Å². The molecular weight excluding hydrogens is 460 g/mol. The van der Waals surface area contributed by atoms with Crippen LogP contribution in [0.5, 0.6) is 5.75 Å². The maximum atomic E-state index is 14.8. The molecule has 1 aliphatic rings. The van der Waals surface area contributed by atoms with Crippen molar-refractivity contribution in [1.82, 2.24) is 19.9 Å². The van der Waals surface area contributed by atoms with Crippen molar-refractivity contribution in [1.29, 1.82) is 0 Å². The molecule has 1 aliphatic heterocycles. The van der Waals surface area contributed by atoms with Crippen LogP contribution in [0.2, 0.25) is 0 Å². The van der Waals surface area contributed by atoms with Gasteiger partial charge in [0.2, 0.25) is 0 Å². The number of halogens is 2. The zero-order chi connectivity index (χ0) is 25.2. The fourth-order valence-electron chi connectivity index (χ4n) is 4.88. The summed E-state index contributed by atoms with van der Waals surface area (Å²) < 4.78 is 34.1. The zero-order valence-corrected chi connectivity index (χ0v) is 20.7. The first-order valence-corrected chi connectivity index (χ1v) is 12.1. The average molecular weight is 490 g/mol. The van der Waals surface area contributed by atoms with Crippen LogP contribution in [0.15, 0.2) is 54.9 Å². The number of methoxy groups -OCH3 is 1. The van der Waals surface area contributed by atoms with E-state index in [1.54, 1.807) is 25.6 Å². The molecule has 2 aromatic carbocycles. The van der Waals surface area contributed by atoms with E-state index in [9.17, 15) is 8.78 Å². The third-order valence-electron chi connectivity index (χ3n) is 6.69. The fraction of sp³-hybridized carbons (Fsp3) is 0.321. The van der Waals surface area contributed by atoms with Crippen molar-refractivity contribution >= 4 is 16.7 Å². The molecule has 1 unspecified atom stereocenters. The van der Waals surface area contributed by atoms with E-state index >= 15 is 0 Å². The first-order valence-electron chi connectivity index (χ1n) is 12.1. The SMILES string of the molecule is COc1cc(-c2ccc(F)cc2F)cc2c(N3CCCC3CCN(C)C)nc(-c3cccnc3)nc12. The molecule has 0 radical (unpaired) electrons. The van der Waals surface area contributed by atoms with Crippen molar-refractivity contribution in [2.45, 2.75) is 25.3 Å². The van der Waals surface area contributed by atoms with Crippen molar-refractivity contribution in [3.8, 4) is 28.3 Å². The fourth-order valence-corrected chi connectivity index (χ4v) is 4.88. The second-order valence-electron chi connectivity index (χ2n) is 9.39. The van der Waals surface area contributed by atoms with Crippen molar-refractivity contribution < 1.29 is 13.5 Å². The largest absolute Gasteiger partial charge is 0.494 e. The molecule has 0 spiro atoms. The standard InChI is InChI=1S/C28H29F2N5O/c1-34(2)13-10-21-7-5-12-35(21)28-23-14-19(22-9-8-20(29)16-24(22)30)15-25(36-3)26(23)32-27(33-28)18-6-4-11-31-17-18/h4,6,8-9,11,14-17,21H,5,7,10,12-13H2,1-3H3. The summed E-state index contributed by atoms with van der Waals surface area (Å²) in [4.78, 5) is 18.7. The van der Waals surface area contributed by atoms with Gasteiger partial charge in [-0.25, -0.2) is 18.7 Å². The first-order chi connectivity index (χ1) is 17.4. The van der Waals surface area contributed by atoms with Crippen LogP contribution in [0.25, 0.3) is 33.4 Å².